The van der Waals surface area contributed by atoms with E-state index < -0.39 is 5.97 Å². The molecule has 4 aromatic rings. The predicted molar refractivity (Wildman–Crippen MR) is 136 cm³/mol. The Kier molecular flexibility index (Phi) is 6.26. The van der Waals surface area contributed by atoms with Crippen LogP contribution in [-0.2, 0) is 20.9 Å². The third-order valence-corrected chi connectivity index (χ3v) is 5.86. The van der Waals surface area contributed by atoms with Gasteiger partial charge in [-0.15, -0.1) is 0 Å². The molecule has 1 aromatic heterocycles. The summed E-state index contributed by atoms with van der Waals surface area (Å²) in [6.45, 7) is 2.31. The maximum atomic E-state index is 13.4. The van der Waals surface area contributed by atoms with Crippen molar-refractivity contribution in [3.63, 3.8) is 0 Å². The predicted octanol–water partition coefficient (Wildman–Crippen LogP) is 5.26. The van der Waals surface area contributed by atoms with Gasteiger partial charge in [0.15, 0.2) is 0 Å². The van der Waals surface area contributed by atoms with Crippen LogP contribution in [0.2, 0.25) is 0 Å². The first kappa shape index (κ1) is 22.3. The highest BCUT2D eigenvalue weighted by molar-refractivity contribution is 6.36. The number of hydrogen-bond donors (Lipinski definition) is 0. The Morgan fingerprint density at radius 1 is 0.971 bits per heavy atom. The Morgan fingerprint density at radius 3 is 2.60 bits per heavy atom. The monoisotopic (exact) mass is 464 g/mol. The third-order valence-electron chi connectivity index (χ3n) is 5.86. The second kappa shape index (κ2) is 9.81. The van der Waals surface area contributed by atoms with Crippen molar-refractivity contribution < 1.29 is 19.1 Å². The lowest BCUT2D eigenvalue weighted by atomic mass is 10.0. The van der Waals surface area contributed by atoms with E-state index in [-0.39, 0.29) is 19.1 Å². The van der Waals surface area contributed by atoms with Crippen LogP contribution in [0.1, 0.15) is 23.6 Å². The summed E-state index contributed by atoms with van der Waals surface area (Å²) in [5, 5.41) is 0.875. The number of benzene rings is 3. The van der Waals surface area contributed by atoms with Crippen molar-refractivity contribution in [2.45, 2.75) is 13.5 Å². The van der Waals surface area contributed by atoms with Gasteiger partial charge in [-0.3, -0.25) is 19.5 Å². The van der Waals surface area contributed by atoms with Gasteiger partial charge in [0.05, 0.1) is 12.3 Å². The number of anilines is 1. The number of ether oxygens (including phenoxy) is 2. The average Bonchev–Trinajstić information content (AvgIpc) is 3.15. The quantitative estimate of drug-likeness (QED) is 0.276. The molecule has 0 unspecified atom stereocenters. The summed E-state index contributed by atoms with van der Waals surface area (Å²) in [7, 11) is 0. The summed E-state index contributed by atoms with van der Waals surface area (Å²) >= 11 is 0. The third kappa shape index (κ3) is 4.51. The molecule has 0 fully saturated rings. The zero-order valence-corrected chi connectivity index (χ0v) is 19.3. The van der Waals surface area contributed by atoms with E-state index in [2.05, 4.69) is 4.98 Å². The summed E-state index contributed by atoms with van der Waals surface area (Å²) in [5.41, 5.74) is 4.63. The Hall–Kier alpha value is -4.45. The number of rotatable bonds is 7. The topological polar surface area (TPSA) is 68.7 Å². The van der Waals surface area contributed by atoms with Crippen LogP contribution in [0.25, 0.3) is 22.6 Å². The summed E-state index contributed by atoms with van der Waals surface area (Å²) in [6.07, 6.45) is 3.59. The minimum Gasteiger partial charge on any atom is -0.487 e. The molecule has 0 saturated heterocycles. The van der Waals surface area contributed by atoms with Crippen molar-refractivity contribution in [3.8, 4) is 5.75 Å². The lowest BCUT2D eigenvalue weighted by molar-refractivity contribution is -0.142. The largest absolute Gasteiger partial charge is 0.487 e. The zero-order chi connectivity index (χ0) is 24.2. The van der Waals surface area contributed by atoms with Gasteiger partial charge in [-0.1, -0.05) is 60.7 Å². The summed E-state index contributed by atoms with van der Waals surface area (Å²) < 4.78 is 11.2. The maximum absolute atomic E-state index is 13.4. The standard InChI is InChI=1S/C29H24N2O4/c1-2-34-27(32)18-31-25-13-7-6-11-23(25)24(29(31)33)17-21-14-15-26(28-22(21)12-8-16-30-28)35-19-20-9-4-3-5-10-20/h3-17H,2,18-19H2,1H3. The molecule has 174 valence electrons. The number of nitrogens with zero attached hydrogens (tertiary/aromatic N) is 2. The molecule has 3 aromatic carbocycles. The van der Waals surface area contributed by atoms with E-state index in [1.807, 2.05) is 84.9 Å². The number of amides is 1. The number of hydrogen-bond acceptors (Lipinski definition) is 5. The van der Waals surface area contributed by atoms with E-state index in [0.717, 1.165) is 27.6 Å². The van der Waals surface area contributed by atoms with Crippen molar-refractivity contribution in [2.24, 2.45) is 0 Å². The first-order chi connectivity index (χ1) is 17.2. The summed E-state index contributed by atoms with van der Waals surface area (Å²) in [4.78, 5) is 31.5. The molecule has 35 heavy (non-hydrogen) atoms. The fourth-order valence-corrected chi connectivity index (χ4v) is 4.24. The molecule has 0 radical (unpaired) electrons. The van der Waals surface area contributed by atoms with Gasteiger partial charge in [0.25, 0.3) is 5.91 Å². The SMILES string of the molecule is CCOC(=O)CN1C(=O)C(=Cc2ccc(OCc3ccccc3)c3ncccc23)c2ccccc21. The molecule has 6 heteroatoms. The van der Waals surface area contributed by atoms with Crippen LogP contribution in [0.3, 0.4) is 0 Å². The Labute approximate surface area is 203 Å². The van der Waals surface area contributed by atoms with E-state index in [4.69, 9.17) is 9.47 Å². The fraction of sp³-hybridized carbons (Fsp3) is 0.138. The number of carbonyl (C=O) groups is 2. The minimum absolute atomic E-state index is 0.129. The van der Waals surface area contributed by atoms with Crippen LogP contribution in [-0.4, -0.2) is 30.0 Å². The number of esters is 1. The van der Waals surface area contributed by atoms with Crippen molar-refractivity contribution >= 4 is 40.1 Å². The van der Waals surface area contributed by atoms with Gasteiger partial charge in [0.2, 0.25) is 0 Å². The molecule has 1 aliphatic heterocycles. The number of pyridine rings is 1. The van der Waals surface area contributed by atoms with Gasteiger partial charge < -0.3 is 9.47 Å². The molecule has 0 atom stereocenters. The molecular formula is C29H24N2O4. The lowest BCUT2D eigenvalue weighted by Crippen LogP contribution is -2.33. The molecule has 6 nitrogen and oxygen atoms in total. The van der Waals surface area contributed by atoms with E-state index in [9.17, 15) is 9.59 Å². The molecule has 0 saturated carbocycles. The smallest absolute Gasteiger partial charge is 0.326 e. The van der Waals surface area contributed by atoms with E-state index in [0.29, 0.717) is 23.6 Å². The van der Waals surface area contributed by atoms with Crippen LogP contribution >= 0.6 is 0 Å². The Balaban J connectivity index is 1.51. The first-order valence-corrected chi connectivity index (χ1v) is 11.5. The molecule has 5 rings (SSSR count). The first-order valence-electron chi connectivity index (χ1n) is 11.5. The number of carbonyl (C=O) groups excluding carboxylic acids is 2. The zero-order valence-electron chi connectivity index (χ0n) is 19.3. The van der Waals surface area contributed by atoms with Crippen molar-refractivity contribution in [2.75, 3.05) is 18.1 Å². The second-order valence-electron chi connectivity index (χ2n) is 8.10. The highest BCUT2D eigenvalue weighted by Crippen LogP contribution is 2.39. The number of aromatic nitrogens is 1. The van der Waals surface area contributed by atoms with Gasteiger partial charge in [-0.25, -0.2) is 0 Å². The molecule has 1 aliphatic rings. The highest BCUT2D eigenvalue weighted by atomic mass is 16.5. The number of para-hydroxylation sites is 1. The Bertz CT molecular complexity index is 1430. The van der Waals surface area contributed by atoms with Gasteiger partial charge in [-0.2, -0.15) is 0 Å². The molecule has 2 heterocycles. The van der Waals surface area contributed by atoms with Crippen molar-refractivity contribution in [3.05, 3.63) is 102 Å². The maximum Gasteiger partial charge on any atom is 0.326 e. The molecule has 0 N–H and O–H groups in total. The summed E-state index contributed by atoms with van der Waals surface area (Å²) in [6, 6.07) is 25.1. The van der Waals surface area contributed by atoms with E-state index >= 15 is 0 Å². The van der Waals surface area contributed by atoms with Gasteiger partial charge in [-0.05, 0) is 42.3 Å². The van der Waals surface area contributed by atoms with Crippen LogP contribution in [0.4, 0.5) is 5.69 Å². The van der Waals surface area contributed by atoms with Crippen LogP contribution in [0.15, 0.2) is 85.1 Å². The minimum atomic E-state index is -0.438. The van der Waals surface area contributed by atoms with Gasteiger partial charge in [0, 0.05) is 22.7 Å². The van der Waals surface area contributed by atoms with Crippen LogP contribution < -0.4 is 9.64 Å². The second-order valence-corrected chi connectivity index (χ2v) is 8.10. The summed E-state index contributed by atoms with van der Waals surface area (Å²) in [5.74, 6) is 0.000794. The highest BCUT2D eigenvalue weighted by Gasteiger charge is 2.33. The molecule has 1 amide bonds. The number of fused-ring (bicyclic) bond motifs is 2. The molecule has 0 bridgehead atoms. The lowest BCUT2D eigenvalue weighted by Gasteiger charge is -2.15. The van der Waals surface area contributed by atoms with Gasteiger partial charge >= 0.3 is 5.97 Å². The Morgan fingerprint density at radius 2 is 1.77 bits per heavy atom. The van der Waals surface area contributed by atoms with E-state index in [1.54, 1.807) is 13.1 Å². The van der Waals surface area contributed by atoms with Crippen LogP contribution in [0.5, 0.6) is 5.75 Å². The average molecular weight is 465 g/mol. The molecule has 0 aliphatic carbocycles. The van der Waals surface area contributed by atoms with E-state index in [1.165, 1.54) is 4.90 Å². The van der Waals surface area contributed by atoms with Crippen molar-refractivity contribution in [1.82, 2.24) is 4.98 Å². The normalized spacial score (nSPS) is 13.8. The van der Waals surface area contributed by atoms with Crippen molar-refractivity contribution in [1.29, 1.82) is 0 Å². The van der Waals surface area contributed by atoms with Crippen LogP contribution in [0, 0.1) is 0 Å². The van der Waals surface area contributed by atoms with Gasteiger partial charge in [0.1, 0.15) is 24.4 Å². The molecular weight excluding hydrogens is 440 g/mol. The fourth-order valence-electron chi connectivity index (χ4n) is 4.24. The molecule has 0 spiro atoms.